The zero-order valence-corrected chi connectivity index (χ0v) is 14.9. The fourth-order valence-electron chi connectivity index (χ4n) is 3.04. The molecule has 1 aromatic carbocycles. The zero-order valence-electron chi connectivity index (χ0n) is 14.9. The van der Waals surface area contributed by atoms with Gasteiger partial charge in [-0.05, 0) is 36.8 Å². The van der Waals surface area contributed by atoms with Gasteiger partial charge in [-0.15, -0.1) is 0 Å². The average molecular weight is 356 g/mol. The number of ether oxygens (including phenoxy) is 2. The number of benzene rings is 1. The first-order valence-corrected chi connectivity index (χ1v) is 8.70. The van der Waals surface area contributed by atoms with Gasteiger partial charge in [0.2, 0.25) is 5.88 Å². The molecule has 26 heavy (non-hydrogen) atoms. The van der Waals surface area contributed by atoms with Crippen LogP contribution in [0.4, 0.5) is 22.0 Å². The van der Waals surface area contributed by atoms with Crippen molar-refractivity contribution in [2.24, 2.45) is 0 Å². The van der Waals surface area contributed by atoms with Gasteiger partial charge in [-0.2, -0.15) is 4.98 Å². The average Bonchev–Trinajstić information content (AvgIpc) is 2.64. The summed E-state index contributed by atoms with van der Waals surface area (Å²) in [6, 6.07) is 9.83. The summed E-state index contributed by atoms with van der Waals surface area (Å²) in [6.45, 7) is 0.849. The summed E-state index contributed by atoms with van der Waals surface area (Å²) in [7, 11) is 1.34. The first-order valence-electron chi connectivity index (χ1n) is 8.70. The van der Waals surface area contributed by atoms with Gasteiger partial charge in [-0.3, -0.25) is 4.90 Å². The third kappa shape index (κ3) is 3.99. The fourth-order valence-corrected chi connectivity index (χ4v) is 3.04. The number of hydrogen-bond donors (Lipinski definition) is 2. The summed E-state index contributed by atoms with van der Waals surface area (Å²) in [5.41, 5.74) is 14.9. The molecule has 0 fully saturated rings. The molecule has 7 heteroatoms. The van der Waals surface area contributed by atoms with Crippen LogP contribution in [0.5, 0.6) is 5.88 Å². The highest BCUT2D eigenvalue weighted by atomic mass is 16.5. The number of methoxy groups -OCH3 is 1. The van der Waals surface area contributed by atoms with Crippen LogP contribution < -0.4 is 21.1 Å². The first-order chi connectivity index (χ1) is 12.6. The van der Waals surface area contributed by atoms with E-state index in [1.165, 1.54) is 17.6 Å². The van der Waals surface area contributed by atoms with Gasteiger partial charge in [0, 0.05) is 6.07 Å². The van der Waals surface area contributed by atoms with Crippen LogP contribution >= 0.6 is 0 Å². The smallest absolute Gasteiger partial charge is 0.414 e. The summed E-state index contributed by atoms with van der Waals surface area (Å²) >= 11 is 0. The summed E-state index contributed by atoms with van der Waals surface area (Å²) in [6.07, 6.45) is 3.53. The number of nitrogens with two attached hydrogens (primary N) is 2. The largest absolute Gasteiger partial charge is 0.478 e. The molecular formula is C19H24N4O3. The standard InChI is InChI=1S/C19H24N4O3/c1-25-19(24)23-12-14-8-5-7-13(10-14)6-3-2-4-9-26-16-11-15(23)17(20)18(21)22-16/h5,7-8,10-11H,2-4,6,9,12,20H2,1H3,(H2,21,22). The lowest BCUT2D eigenvalue weighted by molar-refractivity contribution is 0.178. The van der Waals surface area contributed by atoms with E-state index < -0.39 is 6.09 Å². The highest BCUT2D eigenvalue weighted by molar-refractivity contribution is 5.94. The number of carbonyl (C=O) groups excluding carboxylic acids is 1. The van der Waals surface area contributed by atoms with Crippen molar-refractivity contribution in [2.45, 2.75) is 32.2 Å². The molecule has 1 aromatic heterocycles. The minimum Gasteiger partial charge on any atom is -0.478 e. The van der Waals surface area contributed by atoms with Crippen molar-refractivity contribution in [2.75, 3.05) is 30.1 Å². The molecule has 2 heterocycles. The SMILES string of the molecule is COC(=O)N1Cc2cccc(c2)CCCCCOc2cc1c(N)c(N)n2. The molecule has 0 saturated carbocycles. The number of aromatic nitrogens is 1. The Labute approximate surface area is 152 Å². The zero-order chi connectivity index (χ0) is 18.5. The molecule has 1 aliphatic rings. The number of amides is 1. The summed E-state index contributed by atoms with van der Waals surface area (Å²) in [5.74, 6) is 0.485. The molecule has 138 valence electrons. The van der Waals surface area contributed by atoms with Crippen LogP contribution in [0, 0.1) is 0 Å². The van der Waals surface area contributed by atoms with Crippen molar-refractivity contribution < 1.29 is 14.3 Å². The van der Waals surface area contributed by atoms with Gasteiger partial charge in [0.15, 0.2) is 5.82 Å². The van der Waals surface area contributed by atoms with Gasteiger partial charge in [0.25, 0.3) is 0 Å². The van der Waals surface area contributed by atoms with Crippen LogP contribution in [-0.2, 0) is 17.7 Å². The van der Waals surface area contributed by atoms with E-state index in [0.29, 0.717) is 24.7 Å². The number of hydrogen-bond acceptors (Lipinski definition) is 6. The fraction of sp³-hybridized carbons (Fsp3) is 0.368. The van der Waals surface area contributed by atoms with E-state index in [1.807, 2.05) is 12.1 Å². The Bertz CT molecular complexity index is 794. The summed E-state index contributed by atoms with van der Waals surface area (Å²) in [4.78, 5) is 18.0. The highest BCUT2D eigenvalue weighted by Gasteiger charge is 2.22. The van der Waals surface area contributed by atoms with Gasteiger partial charge in [-0.25, -0.2) is 4.79 Å². The molecule has 0 radical (unpaired) electrons. The molecule has 1 amide bonds. The number of nitrogen functional groups attached to an aromatic ring is 2. The monoisotopic (exact) mass is 356 g/mol. The van der Waals surface area contributed by atoms with Gasteiger partial charge in [-0.1, -0.05) is 24.3 Å². The van der Waals surface area contributed by atoms with E-state index in [9.17, 15) is 4.79 Å². The lowest BCUT2D eigenvalue weighted by atomic mass is 10.0. The van der Waals surface area contributed by atoms with Crippen LogP contribution in [0.25, 0.3) is 0 Å². The number of anilines is 3. The molecule has 0 atom stereocenters. The second-order valence-electron chi connectivity index (χ2n) is 6.31. The van der Waals surface area contributed by atoms with Crippen molar-refractivity contribution in [3.63, 3.8) is 0 Å². The van der Waals surface area contributed by atoms with Crippen molar-refractivity contribution in [3.05, 3.63) is 41.5 Å². The van der Waals surface area contributed by atoms with Crippen molar-refractivity contribution in [3.8, 4) is 5.88 Å². The predicted molar refractivity (Wildman–Crippen MR) is 101 cm³/mol. The molecule has 0 unspecified atom stereocenters. The molecule has 2 aromatic rings. The molecule has 4 bridgehead atoms. The predicted octanol–water partition coefficient (Wildman–Crippen LogP) is 3.12. The number of aryl methyl sites for hydroxylation is 1. The second-order valence-corrected chi connectivity index (χ2v) is 6.31. The van der Waals surface area contributed by atoms with Crippen LogP contribution in [0.2, 0.25) is 0 Å². The number of rotatable bonds is 0. The van der Waals surface area contributed by atoms with E-state index >= 15 is 0 Å². The van der Waals surface area contributed by atoms with E-state index in [4.69, 9.17) is 20.9 Å². The quantitative estimate of drug-likeness (QED) is 0.751. The van der Waals surface area contributed by atoms with E-state index in [-0.39, 0.29) is 11.5 Å². The number of nitrogens with zero attached hydrogens (tertiary/aromatic N) is 2. The molecule has 1 aliphatic heterocycles. The van der Waals surface area contributed by atoms with E-state index in [2.05, 4.69) is 17.1 Å². The Morgan fingerprint density at radius 3 is 2.81 bits per heavy atom. The van der Waals surface area contributed by atoms with Gasteiger partial charge in [0.05, 0.1) is 31.6 Å². The maximum atomic E-state index is 12.4. The maximum absolute atomic E-state index is 12.4. The molecule has 4 N–H and O–H groups in total. The molecule has 3 rings (SSSR count). The number of carbonyl (C=O) groups is 1. The minimum atomic E-state index is -0.522. The summed E-state index contributed by atoms with van der Waals surface area (Å²) < 4.78 is 10.7. The van der Waals surface area contributed by atoms with Crippen LogP contribution in [-0.4, -0.2) is 24.8 Å². The van der Waals surface area contributed by atoms with E-state index in [1.54, 1.807) is 6.07 Å². The third-order valence-corrected chi connectivity index (χ3v) is 4.42. The lowest BCUT2D eigenvalue weighted by Gasteiger charge is -2.24. The molecular weight excluding hydrogens is 332 g/mol. The number of fused-ring (bicyclic) bond motifs is 4. The Kier molecular flexibility index (Phi) is 5.46. The lowest BCUT2D eigenvalue weighted by Crippen LogP contribution is -2.31. The summed E-state index contributed by atoms with van der Waals surface area (Å²) in [5, 5.41) is 0. The van der Waals surface area contributed by atoms with Gasteiger partial charge < -0.3 is 20.9 Å². The highest BCUT2D eigenvalue weighted by Crippen LogP contribution is 2.33. The Balaban J connectivity index is 2.06. The Hall–Kier alpha value is -2.96. The minimum absolute atomic E-state index is 0.132. The maximum Gasteiger partial charge on any atom is 0.414 e. The van der Waals surface area contributed by atoms with Crippen LogP contribution in [0.3, 0.4) is 0 Å². The number of pyridine rings is 1. The second kappa shape index (κ2) is 7.95. The third-order valence-electron chi connectivity index (χ3n) is 4.42. The molecule has 0 aliphatic carbocycles. The first kappa shape index (κ1) is 17.8. The molecule has 0 saturated heterocycles. The van der Waals surface area contributed by atoms with Crippen molar-refractivity contribution >= 4 is 23.3 Å². The Morgan fingerprint density at radius 1 is 1.19 bits per heavy atom. The van der Waals surface area contributed by atoms with Gasteiger partial charge in [0.1, 0.15) is 0 Å². The molecule has 0 spiro atoms. The Morgan fingerprint density at radius 2 is 2.00 bits per heavy atom. The van der Waals surface area contributed by atoms with Crippen LogP contribution in [0.1, 0.15) is 30.4 Å². The normalized spacial score (nSPS) is 14.9. The van der Waals surface area contributed by atoms with Crippen molar-refractivity contribution in [1.82, 2.24) is 4.98 Å². The van der Waals surface area contributed by atoms with Gasteiger partial charge >= 0.3 is 6.09 Å². The topological polar surface area (TPSA) is 104 Å². The van der Waals surface area contributed by atoms with Crippen LogP contribution in [0.15, 0.2) is 30.3 Å². The molecule has 7 nitrogen and oxygen atoms in total. The van der Waals surface area contributed by atoms with E-state index in [0.717, 1.165) is 31.2 Å². The van der Waals surface area contributed by atoms with Crippen molar-refractivity contribution in [1.29, 1.82) is 0 Å².